The molecule has 0 N–H and O–H groups in total. The molecule has 0 saturated carbocycles. The molecule has 0 aliphatic carbocycles. The first-order chi connectivity index (χ1) is 22.7. The fourth-order valence-corrected chi connectivity index (χ4v) is 3.45. The number of aryl methyl sites for hydroxylation is 1. The lowest BCUT2D eigenvalue weighted by molar-refractivity contribution is -0.138. The zero-order valence-corrected chi connectivity index (χ0v) is 26.1. The molecule has 0 bridgehead atoms. The van der Waals surface area contributed by atoms with E-state index in [0.717, 1.165) is 17.9 Å². The molecular formula is C35H36O12. The second-order valence-corrected chi connectivity index (χ2v) is 9.24. The molecule has 0 heterocycles. The summed E-state index contributed by atoms with van der Waals surface area (Å²) in [5, 5.41) is 0. The molecule has 3 aromatic carbocycles. The summed E-state index contributed by atoms with van der Waals surface area (Å²) >= 11 is 0. The van der Waals surface area contributed by atoms with E-state index in [1.54, 1.807) is 12.1 Å². The molecule has 0 radical (unpaired) electrons. The van der Waals surface area contributed by atoms with Crippen LogP contribution in [-0.4, -0.2) is 63.9 Å². The van der Waals surface area contributed by atoms with Crippen LogP contribution in [0.5, 0.6) is 23.0 Å². The summed E-state index contributed by atoms with van der Waals surface area (Å²) in [5.74, 6) is -0.905. The van der Waals surface area contributed by atoms with E-state index in [-0.39, 0.29) is 35.7 Å². The largest absolute Gasteiger partial charge is 0.493 e. The predicted octanol–water partition coefficient (Wildman–Crippen LogP) is 5.22. The quantitative estimate of drug-likeness (QED) is 0.0472. The lowest BCUT2D eigenvalue weighted by Crippen LogP contribution is -2.10. The third kappa shape index (κ3) is 14.2. The van der Waals surface area contributed by atoms with Crippen LogP contribution in [0.25, 0.3) is 0 Å². The number of methoxy groups -OCH3 is 1. The van der Waals surface area contributed by atoms with E-state index >= 15 is 0 Å². The third-order valence-electron chi connectivity index (χ3n) is 5.79. The summed E-state index contributed by atoms with van der Waals surface area (Å²) in [7, 11) is 1.17. The number of hydrogen-bond donors (Lipinski definition) is 0. The number of carbonyl (C=O) groups excluding carboxylic acids is 5. The van der Waals surface area contributed by atoms with Crippen molar-refractivity contribution in [1.29, 1.82) is 0 Å². The Morgan fingerprint density at radius 2 is 1.19 bits per heavy atom. The van der Waals surface area contributed by atoms with Gasteiger partial charge in [0.1, 0.15) is 28.6 Å². The van der Waals surface area contributed by atoms with Crippen LogP contribution in [0.15, 0.2) is 92.0 Å². The van der Waals surface area contributed by atoms with Gasteiger partial charge in [-0.2, -0.15) is 0 Å². The van der Waals surface area contributed by atoms with Crippen LogP contribution in [0.3, 0.4) is 0 Å². The molecule has 0 aromatic heterocycles. The van der Waals surface area contributed by atoms with Crippen LogP contribution in [0.4, 0.5) is 0 Å². The van der Waals surface area contributed by atoms with Gasteiger partial charge in [0.2, 0.25) is 0 Å². The minimum absolute atomic E-state index is 0.0255. The normalized spacial score (nSPS) is 9.74. The van der Waals surface area contributed by atoms with Gasteiger partial charge < -0.3 is 33.2 Å². The van der Waals surface area contributed by atoms with E-state index in [1.807, 2.05) is 31.2 Å². The topological polar surface area (TPSA) is 150 Å². The minimum atomic E-state index is -0.754. The number of benzene rings is 3. The Balaban J connectivity index is 0.000000403. The summed E-state index contributed by atoms with van der Waals surface area (Å²) in [6, 6.07) is 18.0. The van der Waals surface area contributed by atoms with Crippen molar-refractivity contribution in [1.82, 2.24) is 0 Å². The molecule has 12 nitrogen and oxygen atoms in total. The summed E-state index contributed by atoms with van der Waals surface area (Å²) < 4.78 is 35.2. The Hall–Kier alpha value is -5.91. The second kappa shape index (κ2) is 20.9. The van der Waals surface area contributed by atoms with Gasteiger partial charge in [-0.05, 0) is 61.5 Å². The summed E-state index contributed by atoms with van der Waals surface area (Å²) in [4.78, 5) is 56.4. The van der Waals surface area contributed by atoms with Crippen LogP contribution in [0.1, 0.15) is 39.1 Å². The maximum absolute atomic E-state index is 12.4. The van der Waals surface area contributed by atoms with Crippen LogP contribution in [-0.2, 0) is 28.6 Å². The van der Waals surface area contributed by atoms with Gasteiger partial charge in [-0.3, -0.25) is 4.79 Å². The Morgan fingerprint density at radius 1 is 0.681 bits per heavy atom. The molecule has 0 saturated heterocycles. The highest BCUT2D eigenvalue weighted by Gasteiger charge is 2.17. The smallest absolute Gasteiger partial charge is 0.343 e. The number of hydrogen-bond acceptors (Lipinski definition) is 12. The first kappa shape index (κ1) is 37.3. The van der Waals surface area contributed by atoms with E-state index in [9.17, 15) is 24.0 Å². The summed E-state index contributed by atoms with van der Waals surface area (Å²) in [6.45, 7) is 10.2. The highest BCUT2D eigenvalue weighted by molar-refractivity contribution is 5.94. The molecule has 248 valence electrons. The van der Waals surface area contributed by atoms with Crippen molar-refractivity contribution in [2.24, 2.45) is 0 Å². The SMILES string of the molecule is C=CC(=O)OCCCOc1ccc(C(=O)Oc2ccc(OC=O)c(C(=O)OC)c2)cc1.C=CC(=O)OCCCOc1ccc(C)cc1. The van der Waals surface area contributed by atoms with E-state index in [1.165, 1.54) is 43.0 Å². The van der Waals surface area contributed by atoms with Crippen LogP contribution < -0.4 is 18.9 Å². The van der Waals surface area contributed by atoms with Crippen molar-refractivity contribution < 1.29 is 57.1 Å². The van der Waals surface area contributed by atoms with Crippen molar-refractivity contribution in [3.8, 4) is 23.0 Å². The summed E-state index contributed by atoms with van der Waals surface area (Å²) in [6.07, 6.45) is 3.41. The first-order valence-corrected chi connectivity index (χ1v) is 14.3. The molecule has 47 heavy (non-hydrogen) atoms. The Kier molecular flexibility index (Phi) is 16.6. The molecular weight excluding hydrogens is 612 g/mol. The Morgan fingerprint density at radius 3 is 1.68 bits per heavy atom. The van der Waals surface area contributed by atoms with Crippen molar-refractivity contribution in [2.75, 3.05) is 33.5 Å². The first-order valence-electron chi connectivity index (χ1n) is 14.3. The maximum atomic E-state index is 12.4. The number of carbonyl (C=O) groups is 5. The van der Waals surface area contributed by atoms with E-state index in [0.29, 0.717) is 38.4 Å². The highest BCUT2D eigenvalue weighted by Crippen LogP contribution is 2.26. The zero-order valence-electron chi connectivity index (χ0n) is 26.1. The van der Waals surface area contributed by atoms with Crippen LogP contribution in [0.2, 0.25) is 0 Å². The predicted molar refractivity (Wildman–Crippen MR) is 170 cm³/mol. The molecule has 3 aromatic rings. The van der Waals surface area contributed by atoms with Gasteiger partial charge in [0.15, 0.2) is 0 Å². The van der Waals surface area contributed by atoms with E-state index in [4.69, 9.17) is 28.4 Å². The molecule has 0 spiro atoms. The number of rotatable bonds is 17. The van der Waals surface area contributed by atoms with Crippen molar-refractivity contribution in [3.05, 3.63) is 109 Å². The molecule has 3 rings (SSSR count). The molecule has 0 aliphatic heterocycles. The fraction of sp³-hybridized carbons (Fsp3) is 0.229. The molecule has 0 unspecified atom stereocenters. The van der Waals surface area contributed by atoms with Gasteiger partial charge in [-0.1, -0.05) is 30.9 Å². The second-order valence-electron chi connectivity index (χ2n) is 9.24. The van der Waals surface area contributed by atoms with Gasteiger partial charge in [0.25, 0.3) is 6.47 Å². The minimum Gasteiger partial charge on any atom is -0.493 e. The lowest BCUT2D eigenvalue weighted by atomic mass is 10.2. The average Bonchev–Trinajstić information content (AvgIpc) is 3.09. The molecule has 0 atom stereocenters. The van der Waals surface area contributed by atoms with Gasteiger partial charge in [-0.25, -0.2) is 19.2 Å². The van der Waals surface area contributed by atoms with Gasteiger partial charge in [-0.15, -0.1) is 0 Å². The lowest BCUT2D eigenvalue weighted by Gasteiger charge is -2.10. The maximum Gasteiger partial charge on any atom is 0.343 e. The van der Waals surface area contributed by atoms with Crippen LogP contribution in [0, 0.1) is 6.92 Å². The Bertz CT molecular complexity index is 1490. The summed E-state index contributed by atoms with van der Waals surface area (Å²) in [5.41, 5.74) is 1.38. The van der Waals surface area contributed by atoms with E-state index < -0.39 is 23.9 Å². The van der Waals surface area contributed by atoms with Gasteiger partial charge >= 0.3 is 23.9 Å². The molecule has 0 aliphatic rings. The van der Waals surface area contributed by atoms with Crippen molar-refractivity contribution in [3.63, 3.8) is 0 Å². The number of ether oxygens (including phenoxy) is 7. The number of esters is 4. The Labute approximate surface area is 272 Å². The average molecular weight is 649 g/mol. The van der Waals surface area contributed by atoms with Crippen molar-refractivity contribution >= 4 is 30.3 Å². The molecule has 0 fully saturated rings. The standard InChI is InChI=1S/C22H20O9.C13H16O3/c1-3-20(24)29-12-4-11-28-16-7-5-15(6-8-16)21(25)31-17-9-10-19(30-14-23)18(13-17)22(26)27-2;1-3-13(14)16-10-4-9-15-12-7-5-11(2)6-8-12/h3,5-10,13-14H,1,4,11-12H2,2H3;3,5-8H,1,4,9-10H2,2H3. The van der Waals surface area contributed by atoms with Gasteiger partial charge in [0.05, 0.1) is 39.1 Å². The fourth-order valence-electron chi connectivity index (χ4n) is 3.45. The van der Waals surface area contributed by atoms with E-state index in [2.05, 4.69) is 17.9 Å². The molecule has 12 heteroatoms. The van der Waals surface area contributed by atoms with Crippen LogP contribution >= 0.6 is 0 Å². The zero-order chi connectivity index (χ0) is 34.4. The monoisotopic (exact) mass is 648 g/mol. The van der Waals surface area contributed by atoms with Gasteiger partial charge in [0, 0.05) is 25.0 Å². The highest BCUT2D eigenvalue weighted by atomic mass is 16.6. The molecule has 0 amide bonds. The van der Waals surface area contributed by atoms with Crippen molar-refractivity contribution in [2.45, 2.75) is 19.8 Å². The third-order valence-corrected chi connectivity index (χ3v) is 5.79.